The van der Waals surface area contributed by atoms with Crippen LogP contribution in [0, 0.1) is 0 Å². The molecule has 0 aliphatic carbocycles. The molecule has 2 aromatic carbocycles. The number of hydrogen-bond donors (Lipinski definition) is 1. The van der Waals surface area contributed by atoms with Crippen molar-refractivity contribution in [3.63, 3.8) is 0 Å². The first-order valence-corrected chi connectivity index (χ1v) is 8.42. The molecule has 0 aromatic heterocycles. The van der Waals surface area contributed by atoms with E-state index >= 15 is 0 Å². The van der Waals surface area contributed by atoms with E-state index in [4.69, 9.17) is 9.47 Å². The fourth-order valence-electron chi connectivity index (χ4n) is 3.18. The van der Waals surface area contributed by atoms with Gasteiger partial charge in [0, 0.05) is 13.1 Å². The molecule has 1 aliphatic heterocycles. The Balaban J connectivity index is 1.71. The monoisotopic (exact) mass is 355 g/mol. The van der Waals surface area contributed by atoms with Crippen molar-refractivity contribution in [1.29, 1.82) is 0 Å². The van der Waals surface area contributed by atoms with Crippen LogP contribution in [0.1, 0.15) is 32.6 Å². The van der Waals surface area contributed by atoms with Crippen LogP contribution in [0.2, 0.25) is 0 Å². The number of carbonyl (C=O) groups excluding carboxylic acids is 2. The van der Waals surface area contributed by atoms with Gasteiger partial charge in [-0.1, -0.05) is 36.4 Å². The Kier molecular flexibility index (Phi) is 5.53. The number of rotatable bonds is 4. The lowest BCUT2D eigenvalue weighted by Crippen LogP contribution is -2.37. The van der Waals surface area contributed by atoms with E-state index in [0.29, 0.717) is 30.6 Å². The van der Waals surface area contributed by atoms with Crippen molar-refractivity contribution in [2.75, 3.05) is 13.7 Å². The van der Waals surface area contributed by atoms with Gasteiger partial charge in [-0.25, -0.2) is 9.59 Å². The standard InChI is InChI=1S/C20H21NO5/c1-25-19(23)17-8-7-15-11-21(10-9-16(15)18(17)12-22)20(24)26-13-14-5-3-2-4-6-14/h2-8,22H,9-13H2,1H3. The van der Waals surface area contributed by atoms with Crippen LogP contribution in [0.25, 0.3) is 0 Å². The second-order valence-corrected chi connectivity index (χ2v) is 6.09. The van der Waals surface area contributed by atoms with Gasteiger partial charge >= 0.3 is 12.1 Å². The van der Waals surface area contributed by atoms with Gasteiger partial charge in [-0.15, -0.1) is 0 Å². The highest BCUT2D eigenvalue weighted by Crippen LogP contribution is 2.26. The minimum Gasteiger partial charge on any atom is -0.465 e. The Labute approximate surface area is 152 Å². The van der Waals surface area contributed by atoms with E-state index in [1.165, 1.54) is 7.11 Å². The van der Waals surface area contributed by atoms with Crippen molar-refractivity contribution in [3.8, 4) is 0 Å². The molecule has 0 bridgehead atoms. The molecule has 3 rings (SSSR count). The smallest absolute Gasteiger partial charge is 0.410 e. The van der Waals surface area contributed by atoms with Gasteiger partial charge in [0.05, 0.1) is 19.3 Å². The minimum absolute atomic E-state index is 0.228. The second-order valence-electron chi connectivity index (χ2n) is 6.09. The predicted octanol–water partition coefficient (Wildman–Crippen LogP) is 2.66. The zero-order valence-electron chi connectivity index (χ0n) is 14.6. The van der Waals surface area contributed by atoms with E-state index in [9.17, 15) is 14.7 Å². The summed E-state index contributed by atoms with van der Waals surface area (Å²) in [6, 6.07) is 13.0. The molecule has 0 atom stereocenters. The van der Waals surface area contributed by atoms with E-state index in [-0.39, 0.29) is 19.3 Å². The van der Waals surface area contributed by atoms with Crippen LogP contribution in [0.5, 0.6) is 0 Å². The molecule has 0 radical (unpaired) electrons. The van der Waals surface area contributed by atoms with Gasteiger partial charge in [0.25, 0.3) is 0 Å². The number of fused-ring (bicyclic) bond motifs is 1. The number of amides is 1. The largest absolute Gasteiger partial charge is 0.465 e. The molecular formula is C20H21NO5. The maximum atomic E-state index is 12.3. The number of hydrogen-bond acceptors (Lipinski definition) is 5. The lowest BCUT2D eigenvalue weighted by atomic mass is 9.91. The van der Waals surface area contributed by atoms with E-state index < -0.39 is 5.97 Å². The number of ether oxygens (including phenoxy) is 2. The zero-order valence-corrected chi connectivity index (χ0v) is 14.6. The average molecular weight is 355 g/mol. The average Bonchev–Trinajstić information content (AvgIpc) is 2.70. The van der Waals surface area contributed by atoms with Crippen molar-refractivity contribution >= 4 is 12.1 Å². The molecule has 0 saturated heterocycles. The Morgan fingerprint density at radius 2 is 1.92 bits per heavy atom. The Morgan fingerprint density at radius 3 is 2.62 bits per heavy atom. The van der Waals surface area contributed by atoms with Crippen LogP contribution in [0.15, 0.2) is 42.5 Å². The summed E-state index contributed by atoms with van der Waals surface area (Å²) in [7, 11) is 1.31. The van der Waals surface area contributed by atoms with Crippen molar-refractivity contribution in [2.45, 2.75) is 26.2 Å². The molecule has 0 fully saturated rings. The number of carbonyl (C=O) groups is 2. The summed E-state index contributed by atoms with van der Waals surface area (Å²) in [5.41, 5.74) is 3.69. The van der Waals surface area contributed by atoms with Crippen LogP contribution in [-0.4, -0.2) is 35.7 Å². The third kappa shape index (κ3) is 3.70. The first kappa shape index (κ1) is 17.9. The Bertz CT molecular complexity index is 803. The molecule has 6 heteroatoms. The third-order valence-corrected chi connectivity index (χ3v) is 4.55. The highest BCUT2D eigenvalue weighted by molar-refractivity contribution is 5.91. The fourth-order valence-corrected chi connectivity index (χ4v) is 3.18. The molecule has 6 nitrogen and oxygen atoms in total. The van der Waals surface area contributed by atoms with Gasteiger partial charge in [-0.05, 0) is 34.7 Å². The molecule has 0 saturated carbocycles. The highest BCUT2D eigenvalue weighted by atomic mass is 16.6. The minimum atomic E-state index is -0.471. The normalized spacial score (nSPS) is 13.1. The summed E-state index contributed by atoms with van der Waals surface area (Å²) < 4.78 is 10.2. The lowest BCUT2D eigenvalue weighted by molar-refractivity contribution is 0.0596. The Hall–Kier alpha value is -2.86. The van der Waals surface area contributed by atoms with Crippen molar-refractivity contribution in [1.82, 2.24) is 4.90 Å². The molecule has 1 aliphatic rings. The van der Waals surface area contributed by atoms with Crippen LogP contribution in [-0.2, 0) is 35.7 Å². The fraction of sp³-hybridized carbons (Fsp3) is 0.300. The first-order valence-electron chi connectivity index (χ1n) is 8.42. The quantitative estimate of drug-likeness (QED) is 0.854. The summed E-state index contributed by atoms with van der Waals surface area (Å²) in [5, 5.41) is 9.69. The maximum Gasteiger partial charge on any atom is 0.410 e. The summed E-state index contributed by atoms with van der Waals surface area (Å²) in [6.45, 7) is 0.841. The molecule has 26 heavy (non-hydrogen) atoms. The SMILES string of the molecule is COC(=O)c1ccc2c(c1CO)CCN(C(=O)OCc1ccccc1)C2. The van der Waals surface area contributed by atoms with E-state index in [1.807, 2.05) is 30.3 Å². The second kappa shape index (κ2) is 8.01. The van der Waals surface area contributed by atoms with Gasteiger partial charge in [-0.3, -0.25) is 0 Å². The summed E-state index contributed by atoms with van der Waals surface area (Å²) in [4.78, 5) is 25.8. The van der Waals surface area contributed by atoms with Crippen molar-refractivity contribution in [2.24, 2.45) is 0 Å². The molecule has 2 aromatic rings. The Morgan fingerprint density at radius 1 is 1.15 bits per heavy atom. The summed E-state index contributed by atoms with van der Waals surface area (Å²) >= 11 is 0. The molecule has 1 N–H and O–H groups in total. The number of methoxy groups -OCH3 is 1. The molecule has 136 valence electrons. The summed E-state index contributed by atoms with van der Waals surface area (Å²) in [5.74, 6) is -0.471. The molecule has 0 unspecified atom stereocenters. The van der Waals surface area contributed by atoms with Crippen LogP contribution < -0.4 is 0 Å². The van der Waals surface area contributed by atoms with Crippen LogP contribution >= 0.6 is 0 Å². The summed E-state index contributed by atoms with van der Waals surface area (Å²) in [6.07, 6.45) is 0.179. The van der Waals surface area contributed by atoms with Crippen LogP contribution in [0.3, 0.4) is 0 Å². The van der Waals surface area contributed by atoms with Gasteiger partial charge in [0.1, 0.15) is 6.61 Å². The molecule has 1 amide bonds. The van der Waals surface area contributed by atoms with Gasteiger partial charge in [-0.2, -0.15) is 0 Å². The van der Waals surface area contributed by atoms with Crippen molar-refractivity contribution < 1.29 is 24.2 Å². The molecular weight excluding hydrogens is 334 g/mol. The number of nitrogens with zero attached hydrogens (tertiary/aromatic N) is 1. The topological polar surface area (TPSA) is 76.1 Å². The van der Waals surface area contributed by atoms with Gasteiger partial charge < -0.3 is 19.5 Å². The van der Waals surface area contributed by atoms with E-state index in [2.05, 4.69) is 0 Å². The van der Waals surface area contributed by atoms with E-state index in [0.717, 1.165) is 16.7 Å². The number of benzene rings is 2. The van der Waals surface area contributed by atoms with Crippen LogP contribution in [0.4, 0.5) is 4.79 Å². The van der Waals surface area contributed by atoms with Gasteiger partial charge in [0.15, 0.2) is 0 Å². The van der Waals surface area contributed by atoms with Gasteiger partial charge in [0.2, 0.25) is 0 Å². The number of aliphatic hydroxyl groups is 1. The lowest BCUT2D eigenvalue weighted by Gasteiger charge is -2.30. The van der Waals surface area contributed by atoms with Crippen molar-refractivity contribution in [3.05, 3.63) is 70.3 Å². The first-order chi connectivity index (χ1) is 12.6. The number of aliphatic hydroxyl groups excluding tert-OH is 1. The predicted molar refractivity (Wildman–Crippen MR) is 94.4 cm³/mol. The van der Waals surface area contributed by atoms with E-state index in [1.54, 1.807) is 17.0 Å². The molecule has 1 heterocycles. The molecule has 0 spiro atoms. The zero-order chi connectivity index (χ0) is 18.5. The maximum absolute atomic E-state index is 12.3. The highest BCUT2D eigenvalue weighted by Gasteiger charge is 2.26. The third-order valence-electron chi connectivity index (χ3n) is 4.55. The number of esters is 1.